The summed E-state index contributed by atoms with van der Waals surface area (Å²) < 4.78 is 7.20. The van der Waals surface area contributed by atoms with Crippen molar-refractivity contribution in [3.05, 3.63) is 17.5 Å². The van der Waals surface area contributed by atoms with Crippen LogP contribution in [0.2, 0.25) is 0 Å². The van der Waals surface area contributed by atoms with Crippen molar-refractivity contribution in [1.82, 2.24) is 15.1 Å². The Labute approximate surface area is 134 Å². The van der Waals surface area contributed by atoms with Crippen LogP contribution in [-0.2, 0) is 11.8 Å². The molecule has 22 heavy (non-hydrogen) atoms. The van der Waals surface area contributed by atoms with E-state index in [0.717, 1.165) is 25.1 Å². The minimum Gasteiger partial charge on any atom is -0.381 e. The van der Waals surface area contributed by atoms with Gasteiger partial charge in [0.15, 0.2) is 0 Å². The molecule has 0 aliphatic rings. The second-order valence-corrected chi connectivity index (χ2v) is 5.78. The topological polar surface area (TPSA) is 56.1 Å². The van der Waals surface area contributed by atoms with Crippen LogP contribution in [0, 0.1) is 6.92 Å². The first-order valence-corrected chi connectivity index (χ1v) is 8.51. The summed E-state index contributed by atoms with van der Waals surface area (Å²) in [6, 6.07) is 1.80. The number of unbranched alkanes of at least 4 members (excludes halogenated alkanes) is 5. The average molecular weight is 309 g/mol. The number of aryl methyl sites for hydroxylation is 2. The number of amides is 1. The maximum atomic E-state index is 11.9. The van der Waals surface area contributed by atoms with Gasteiger partial charge in [-0.3, -0.25) is 9.48 Å². The minimum atomic E-state index is -0.0703. The molecule has 0 spiro atoms. The normalized spacial score (nSPS) is 10.9. The summed E-state index contributed by atoms with van der Waals surface area (Å²) in [4.78, 5) is 11.9. The van der Waals surface area contributed by atoms with E-state index in [1.54, 1.807) is 17.8 Å². The molecule has 0 saturated heterocycles. The molecule has 0 saturated carbocycles. The number of hydrogen-bond donors (Lipinski definition) is 1. The molecule has 1 N–H and O–H groups in total. The van der Waals surface area contributed by atoms with Gasteiger partial charge in [-0.25, -0.2) is 0 Å². The third-order valence-corrected chi connectivity index (χ3v) is 3.63. The van der Waals surface area contributed by atoms with Gasteiger partial charge in [0.25, 0.3) is 5.91 Å². The zero-order valence-corrected chi connectivity index (χ0v) is 14.4. The zero-order valence-electron chi connectivity index (χ0n) is 14.4. The standard InChI is InChI=1S/C17H31N3O2/c1-4-5-6-7-8-9-12-22-13-10-11-18-17(21)16-14-15(2)19-20(16)3/h14H,4-13H2,1-3H3,(H,18,21). The Balaban J connectivity index is 1.95. The Morgan fingerprint density at radius 1 is 1.18 bits per heavy atom. The molecule has 1 heterocycles. The van der Waals surface area contributed by atoms with Crippen LogP contribution in [0.25, 0.3) is 0 Å². The number of nitrogens with one attached hydrogen (secondary N) is 1. The van der Waals surface area contributed by atoms with Crippen LogP contribution >= 0.6 is 0 Å². The first-order valence-electron chi connectivity index (χ1n) is 8.51. The van der Waals surface area contributed by atoms with Gasteiger partial charge in [0.05, 0.1) is 5.69 Å². The summed E-state index contributed by atoms with van der Waals surface area (Å²) in [7, 11) is 1.78. The van der Waals surface area contributed by atoms with Crippen molar-refractivity contribution in [2.75, 3.05) is 19.8 Å². The Bertz CT molecular complexity index is 430. The summed E-state index contributed by atoms with van der Waals surface area (Å²) in [6.45, 7) is 6.30. The van der Waals surface area contributed by atoms with E-state index in [2.05, 4.69) is 17.3 Å². The molecular formula is C17H31N3O2. The van der Waals surface area contributed by atoms with Crippen LogP contribution in [0.15, 0.2) is 6.07 Å². The molecule has 5 heteroatoms. The fourth-order valence-corrected chi connectivity index (χ4v) is 2.38. The molecule has 0 aromatic carbocycles. The van der Waals surface area contributed by atoms with Crippen LogP contribution in [-0.4, -0.2) is 35.4 Å². The van der Waals surface area contributed by atoms with Crippen molar-refractivity contribution >= 4 is 5.91 Å². The van der Waals surface area contributed by atoms with Gasteiger partial charge >= 0.3 is 0 Å². The first-order chi connectivity index (χ1) is 10.6. The van der Waals surface area contributed by atoms with E-state index < -0.39 is 0 Å². The number of nitrogens with zero attached hydrogens (tertiary/aromatic N) is 2. The van der Waals surface area contributed by atoms with Crippen molar-refractivity contribution in [3.63, 3.8) is 0 Å². The Morgan fingerprint density at radius 2 is 1.86 bits per heavy atom. The lowest BCUT2D eigenvalue weighted by Gasteiger charge is -2.06. The van der Waals surface area contributed by atoms with E-state index in [9.17, 15) is 4.79 Å². The number of aromatic nitrogens is 2. The second kappa shape index (κ2) is 11.2. The predicted molar refractivity (Wildman–Crippen MR) is 89.1 cm³/mol. The summed E-state index contributed by atoms with van der Waals surface area (Å²) in [5, 5.41) is 7.07. The Hall–Kier alpha value is -1.36. The molecule has 0 aliphatic heterocycles. The van der Waals surface area contributed by atoms with Crippen LogP contribution < -0.4 is 5.32 Å². The van der Waals surface area contributed by atoms with Crippen molar-refractivity contribution in [1.29, 1.82) is 0 Å². The highest BCUT2D eigenvalue weighted by Gasteiger charge is 2.10. The minimum absolute atomic E-state index is 0.0703. The highest BCUT2D eigenvalue weighted by atomic mass is 16.5. The monoisotopic (exact) mass is 309 g/mol. The number of rotatable bonds is 12. The average Bonchev–Trinajstić information content (AvgIpc) is 2.83. The molecule has 0 radical (unpaired) electrons. The highest BCUT2D eigenvalue weighted by molar-refractivity contribution is 5.92. The van der Waals surface area contributed by atoms with Gasteiger partial charge < -0.3 is 10.1 Å². The second-order valence-electron chi connectivity index (χ2n) is 5.78. The maximum Gasteiger partial charge on any atom is 0.269 e. The van der Waals surface area contributed by atoms with E-state index >= 15 is 0 Å². The quantitative estimate of drug-likeness (QED) is 0.603. The molecular weight excluding hydrogens is 278 g/mol. The molecule has 1 aromatic rings. The Kier molecular flexibility index (Phi) is 9.55. The van der Waals surface area contributed by atoms with Gasteiger partial charge in [-0.15, -0.1) is 0 Å². The first kappa shape index (κ1) is 18.7. The lowest BCUT2D eigenvalue weighted by atomic mass is 10.1. The van der Waals surface area contributed by atoms with E-state index in [1.165, 1.54) is 32.1 Å². The molecule has 1 aromatic heterocycles. The molecule has 0 fully saturated rings. The lowest BCUT2D eigenvalue weighted by molar-refractivity contribution is 0.0931. The number of hydrogen-bond acceptors (Lipinski definition) is 3. The molecule has 0 aliphatic carbocycles. The van der Waals surface area contributed by atoms with Crippen LogP contribution in [0.1, 0.15) is 68.1 Å². The van der Waals surface area contributed by atoms with E-state index in [-0.39, 0.29) is 5.91 Å². The largest absolute Gasteiger partial charge is 0.381 e. The SMILES string of the molecule is CCCCCCCCOCCCNC(=O)c1cc(C)nn1C. The summed E-state index contributed by atoms with van der Waals surface area (Å²) in [6.07, 6.45) is 8.55. The van der Waals surface area contributed by atoms with Crippen molar-refractivity contribution in [2.24, 2.45) is 7.05 Å². The van der Waals surface area contributed by atoms with Crippen molar-refractivity contribution in [2.45, 2.75) is 58.8 Å². The predicted octanol–water partition coefficient (Wildman–Crippen LogP) is 3.23. The summed E-state index contributed by atoms with van der Waals surface area (Å²) in [5.74, 6) is -0.0703. The van der Waals surface area contributed by atoms with Gasteiger partial charge in [0, 0.05) is 26.8 Å². The van der Waals surface area contributed by atoms with E-state index in [0.29, 0.717) is 18.8 Å². The lowest BCUT2D eigenvalue weighted by Crippen LogP contribution is -2.27. The zero-order chi connectivity index (χ0) is 16.2. The molecule has 126 valence electrons. The van der Waals surface area contributed by atoms with Gasteiger partial charge in [0.2, 0.25) is 0 Å². The fourth-order valence-electron chi connectivity index (χ4n) is 2.38. The number of ether oxygens (including phenoxy) is 1. The van der Waals surface area contributed by atoms with Gasteiger partial charge in [-0.2, -0.15) is 5.10 Å². The highest BCUT2D eigenvalue weighted by Crippen LogP contribution is 2.05. The third-order valence-electron chi connectivity index (χ3n) is 3.63. The van der Waals surface area contributed by atoms with Gasteiger partial charge in [0.1, 0.15) is 5.69 Å². The van der Waals surface area contributed by atoms with Gasteiger partial charge in [-0.1, -0.05) is 39.0 Å². The molecule has 1 amide bonds. The molecule has 0 unspecified atom stereocenters. The van der Waals surface area contributed by atoms with Gasteiger partial charge in [-0.05, 0) is 25.8 Å². The molecule has 0 bridgehead atoms. The smallest absolute Gasteiger partial charge is 0.269 e. The van der Waals surface area contributed by atoms with Crippen molar-refractivity contribution < 1.29 is 9.53 Å². The van der Waals surface area contributed by atoms with E-state index in [1.807, 2.05) is 6.92 Å². The third kappa shape index (κ3) is 7.59. The number of carbonyl (C=O) groups is 1. The number of carbonyl (C=O) groups excluding carboxylic acids is 1. The summed E-state index contributed by atoms with van der Waals surface area (Å²) >= 11 is 0. The maximum absolute atomic E-state index is 11.9. The molecule has 5 nitrogen and oxygen atoms in total. The van der Waals surface area contributed by atoms with E-state index in [4.69, 9.17) is 4.74 Å². The summed E-state index contributed by atoms with van der Waals surface area (Å²) in [5.41, 5.74) is 1.46. The van der Waals surface area contributed by atoms with Crippen LogP contribution in [0.4, 0.5) is 0 Å². The van der Waals surface area contributed by atoms with Crippen LogP contribution in [0.5, 0.6) is 0 Å². The van der Waals surface area contributed by atoms with Crippen LogP contribution in [0.3, 0.4) is 0 Å². The molecule has 0 atom stereocenters. The molecule has 1 rings (SSSR count). The van der Waals surface area contributed by atoms with Crippen molar-refractivity contribution in [3.8, 4) is 0 Å². The Morgan fingerprint density at radius 3 is 2.55 bits per heavy atom. The fraction of sp³-hybridized carbons (Fsp3) is 0.765.